The largest absolute Gasteiger partial charge is 0.494 e. The summed E-state index contributed by atoms with van der Waals surface area (Å²) in [5.74, 6) is 0.280. The SMILES string of the molecule is CCOc1ccc(/C=C(\C#N)C(=O)Nc2cccnc2)cc1. The molecule has 0 aliphatic heterocycles. The van der Waals surface area contributed by atoms with Gasteiger partial charge in [0.05, 0.1) is 18.5 Å². The zero-order valence-corrected chi connectivity index (χ0v) is 12.1. The summed E-state index contributed by atoms with van der Waals surface area (Å²) in [4.78, 5) is 16.0. The molecule has 0 bridgehead atoms. The molecule has 22 heavy (non-hydrogen) atoms. The van der Waals surface area contributed by atoms with E-state index in [1.165, 1.54) is 12.3 Å². The second-order valence-electron chi connectivity index (χ2n) is 4.37. The molecule has 1 N–H and O–H groups in total. The molecule has 5 heteroatoms. The molecule has 1 heterocycles. The van der Waals surface area contributed by atoms with Crippen molar-refractivity contribution in [3.8, 4) is 11.8 Å². The standard InChI is InChI=1S/C17H15N3O2/c1-2-22-16-7-5-13(6-8-16)10-14(11-18)17(21)20-15-4-3-9-19-12-15/h3-10,12H,2H2,1H3,(H,20,21)/b14-10+. The van der Waals surface area contributed by atoms with Gasteiger partial charge in [0, 0.05) is 6.20 Å². The highest BCUT2D eigenvalue weighted by molar-refractivity contribution is 6.09. The van der Waals surface area contributed by atoms with Gasteiger partial charge in [-0.25, -0.2) is 0 Å². The molecule has 0 saturated heterocycles. The van der Waals surface area contributed by atoms with E-state index in [9.17, 15) is 4.79 Å². The first-order valence-electron chi connectivity index (χ1n) is 6.79. The lowest BCUT2D eigenvalue weighted by atomic mass is 10.1. The summed E-state index contributed by atoms with van der Waals surface area (Å²) in [6, 6.07) is 12.5. The van der Waals surface area contributed by atoms with E-state index < -0.39 is 5.91 Å². The van der Waals surface area contributed by atoms with Crippen LogP contribution < -0.4 is 10.1 Å². The minimum atomic E-state index is -0.468. The number of ether oxygens (including phenoxy) is 1. The Bertz CT molecular complexity index is 701. The van der Waals surface area contributed by atoms with Gasteiger partial charge in [-0.2, -0.15) is 5.26 Å². The first-order valence-corrected chi connectivity index (χ1v) is 6.79. The van der Waals surface area contributed by atoms with Crippen LogP contribution in [-0.4, -0.2) is 17.5 Å². The quantitative estimate of drug-likeness (QED) is 0.679. The van der Waals surface area contributed by atoms with E-state index in [1.807, 2.05) is 13.0 Å². The topological polar surface area (TPSA) is 75.0 Å². The first-order chi connectivity index (χ1) is 10.7. The van der Waals surface area contributed by atoms with E-state index in [0.717, 1.165) is 11.3 Å². The fourth-order valence-electron chi connectivity index (χ4n) is 1.78. The summed E-state index contributed by atoms with van der Waals surface area (Å²) in [5.41, 5.74) is 1.31. The van der Waals surface area contributed by atoms with Gasteiger partial charge < -0.3 is 10.1 Å². The Morgan fingerprint density at radius 1 is 1.36 bits per heavy atom. The van der Waals surface area contributed by atoms with Crippen LogP contribution in [0.5, 0.6) is 5.75 Å². The molecule has 0 radical (unpaired) electrons. The lowest BCUT2D eigenvalue weighted by Gasteiger charge is -2.04. The Morgan fingerprint density at radius 3 is 2.73 bits per heavy atom. The number of amides is 1. The Labute approximate surface area is 128 Å². The van der Waals surface area contributed by atoms with Crippen molar-refractivity contribution >= 4 is 17.7 Å². The van der Waals surface area contributed by atoms with E-state index in [2.05, 4.69) is 10.3 Å². The molecule has 2 aromatic rings. The summed E-state index contributed by atoms with van der Waals surface area (Å²) in [6.45, 7) is 2.50. The fourth-order valence-corrected chi connectivity index (χ4v) is 1.78. The van der Waals surface area contributed by atoms with E-state index in [-0.39, 0.29) is 5.57 Å². The zero-order chi connectivity index (χ0) is 15.8. The molecule has 110 valence electrons. The van der Waals surface area contributed by atoms with E-state index >= 15 is 0 Å². The highest BCUT2D eigenvalue weighted by Crippen LogP contribution is 2.15. The molecule has 0 aliphatic carbocycles. The van der Waals surface area contributed by atoms with Crippen LogP contribution >= 0.6 is 0 Å². The van der Waals surface area contributed by atoms with Crippen LogP contribution in [0.2, 0.25) is 0 Å². The maximum absolute atomic E-state index is 12.1. The number of aromatic nitrogens is 1. The van der Waals surface area contributed by atoms with Crippen LogP contribution in [0.3, 0.4) is 0 Å². The molecule has 5 nitrogen and oxygen atoms in total. The lowest BCUT2D eigenvalue weighted by Crippen LogP contribution is -2.13. The molecule has 0 aliphatic rings. The summed E-state index contributed by atoms with van der Waals surface area (Å²) in [5, 5.41) is 11.8. The number of hydrogen-bond donors (Lipinski definition) is 1. The number of nitriles is 1. The third-order valence-corrected chi connectivity index (χ3v) is 2.79. The summed E-state index contributed by atoms with van der Waals surface area (Å²) in [6.07, 6.45) is 4.65. The van der Waals surface area contributed by atoms with Crippen LogP contribution in [0, 0.1) is 11.3 Å². The third-order valence-electron chi connectivity index (χ3n) is 2.79. The number of nitrogens with zero attached hydrogens (tertiary/aromatic N) is 2. The Balaban J connectivity index is 2.13. The second kappa shape index (κ2) is 7.60. The van der Waals surface area contributed by atoms with E-state index in [0.29, 0.717) is 12.3 Å². The van der Waals surface area contributed by atoms with Gasteiger partial charge in [-0.15, -0.1) is 0 Å². The average molecular weight is 293 g/mol. The Morgan fingerprint density at radius 2 is 2.14 bits per heavy atom. The van der Waals surface area contributed by atoms with Gasteiger partial charge in [-0.1, -0.05) is 12.1 Å². The number of rotatable bonds is 5. The highest BCUT2D eigenvalue weighted by Gasteiger charge is 2.09. The summed E-state index contributed by atoms with van der Waals surface area (Å²) >= 11 is 0. The summed E-state index contributed by atoms with van der Waals surface area (Å²) < 4.78 is 5.35. The number of anilines is 1. The molecule has 1 aromatic carbocycles. The molecule has 0 spiro atoms. The maximum Gasteiger partial charge on any atom is 0.266 e. The van der Waals surface area contributed by atoms with E-state index in [1.54, 1.807) is 42.6 Å². The normalized spacial score (nSPS) is 10.6. The van der Waals surface area contributed by atoms with Crippen LogP contribution in [0.25, 0.3) is 6.08 Å². The first kappa shape index (κ1) is 15.3. The highest BCUT2D eigenvalue weighted by atomic mass is 16.5. The second-order valence-corrected chi connectivity index (χ2v) is 4.37. The molecule has 0 atom stereocenters. The number of pyridine rings is 1. The van der Waals surface area contributed by atoms with Gasteiger partial charge in [-0.05, 0) is 42.8 Å². The molecular formula is C17H15N3O2. The van der Waals surface area contributed by atoms with Gasteiger partial charge >= 0.3 is 0 Å². The lowest BCUT2D eigenvalue weighted by molar-refractivity contribution is -0.112. The Kier molecular flexibility index (Phi) is 5.27. The zero-order valence-electron chi connectivity index (χ0n) is 12.1. The molecule has 0 fully saturated rings. The van der Waals surface area contributed by atoms with Gasteiger partial charge in [-0.3, -0.25) is 9.78 Å². The van der Waals surface area contributed by atoms with Gasteiger partial charge in [0.2, 0.25) is 0 Å². The van der Waals surface area contributed by atoms with Gasteiger partial charge in [0.25, 0.3) is 5.91 Å². The molecule has 2 rings (SSSR count). The summed E-state index contributed by atoms with van der Waals surface area (Å²) in [7, 11) is 0. The molecule has 1 amide bonds. The van der Waals surface area contributed by atoms with Crippen molar-refractivity contribution in [1.29, 1.82) is 5.26 Å². The number of hydrogen-bond acceptors (Lipinski definition) is 4. The minimum Gasteiger partial charge on any atom is -0.494 e. The van der Waals surface area contributed by atoms with Crippen molar-refractivity contribution in [2.75, 3.05) is 11.9 Å². The minimum absolute atomic E-state index is 0.0213. The van der Waals surface area contributed by atoms with Crippen molar-refractivity contribution in [2.24, 2.45) is 0 Å². The molecule has 0 saturated carbocycles. The van der Waals surface area contributed by atoms with Crippen molar-refractivity contribution in [3.05, 3.63) is 59.9 Å². The number of carbonyl (C=O) groups is 1. The van der Waals surface area contributed by atoms with E-state index in [4.69, 9.17) is 10.00 Å². The van der Waals surface area contributed by atoms with Crippen LogP contribution in [0.15, 0.2) is 54.4 Å². The third kappa shape index (κ3) is 4.18. The average Bonchev–Trinajstić information content (AvgIpc) is 2.55. The predicted molar refractivity (Wildman–Crippen MR) is 84.1 cm³/mol. The van der Waals surface area contributed by atoms with Crippen LogP contribution in [0.4, 0.5) is 5.69 Å². The molecule has 0 unspecified atom stereocenters. The maximum atomic E-state index is 12.1. The van der Waals surface area contributed by atoms with Gasteiger partial charge in [0.1, 0.15) is 17.4 Å². The van der Waals surface area contributed by atoms with Crippen molar-refractivity contribution in [3.63, 3.8) is 0 Å². The fraction of sp³-hybridized carbons (Fsp3) is 0.118. The predicted octanol–water partition coefficient (Wildman–Crippen LogP) is 3.03. The monoisotopic (exact) mass is 293 g/mol. The number of benzene rings is 1. The van der Waals surface area contributed by atoms with Crippen LogP contribution in [-0.2, 0) is 4.79 Å². The number of nitrogens with one attached hydrogen (secondary N) is 1. The smallest absolute Gasteiger partial charge is 0.266 e. The Hall–Kier alpha value is -3.13. The van der Waals surface area contributed by atoms with Crippen molar-refractivity contribution in [2.45, 2.75) is 6.92 Å². The van der Waals surface area contributed by atoms with Gasteiger partial charge in [0.15, 0.2) is 0 Å². The van der Waals surface area contributed by atoms with Crippen LogP contribution in [0.1, 0.15) is 12.5 Å². The van der Waals surface area contributed by atoms with Crippen molar-refractivity contribution < 1.29 is 9.53 Å². The van der Waals surface area contributed by atoms with Crippen molar-refractivity contribution in [1.82, 2.24) is 4.98 Å². The number of carbonyl (C=O) groups excluding carboxylic acids is 1. The molecular weight excluding hydrogens is 278 g/mol. The molecule has 1 aromatic heterocycles.